The first-order valence-electron chi connectivity index (χ1n) is 6.02. The summed E-state index contributed by atoms with van der Waals surface area (Å²) < 4.78 is 8.28. The van der Waals surface area contributed by atoms with Crippen LogP contribution in [0.4, 0.5) is 0 Å². The number of nitrogens with zero attached hydrogens (tertiary/aromatic N) is 2. The third kappa shape index (κ3) is 2.80. The zero-order valence-electron chi connectivity index (χ0n) is 10.9. The maximum atomic E-state index is 5.72. The molecule has 19 heavy (non-hydrogen) atoms. The van der Waals surface area contributed by atoms with E-state index in [1.165, 1.54) is 0 Å². The molecular formula is C13H17BrN4O. The molecule has 1 unspecified atom stereocenters. The number of nitrogens with one attached hydrogen (secondary N) is 1. The highest BCUT2D eigenvalue weighted by Gasteiger charge is 2.22. The molecule has 0 amide bonds. The number of aryl methyl sites for hydroxylation is 1. The third-order valence-electron chi connectivity index (χ3n) is 3.01. The fraction of sp³-hybridized carbons (Fsp3) is 0.308. The minimum atomic E-state index is -0.162. The number of halogens is 1. The summed E-state index contributed by atoms with van der Waals surface area (Å²) in [6, 6.07) is 7.84. The Labute approximate surface area is 120 Å². The van der Waals surface area contributed by atoms with Gasteiger partial charge in [-0.25, -0.2) is 5.43 Å². The van der Waals surface area contributed by atoms with Crippen molar-refractivity contribution in [2.45, 2.75) is 19.5 Å². The largest absolute Gasteiger partial charge is 0.493 e. The van der Waals surface area contributed by atoms with Crippen LogP contribution in [0, 0.1) is 0 Å². The Balaban J connectivity index is 2.46. The quantitative estimate of drug-likeness (QED) is 0.654. The molecule has 0 aliphatic heterocycles. The van der Waals surface area contributed by atoms with E-state index < -0.39 is 0 Å². The molecule has 5 nitrogen and oxygen atoms in total. The summed E-state index contributed by atoms with van der Waals surface area (Å²) in [5, 5.41) is 4.30. The van der Waals surface area contributed by atoms with E-state index in [4.69, 9.17) is 10.6 Å². The maximum absolute atomic E-state index is 5.72. The third-order valence-corrected chi connectivity index (χ3v) is 3.54. The Hall–Kier alpha value is -1.37. The fourth-order valence-corrected chi connectivity index (χ4v) is 2.33. The average Bonchev–Trinajstić information content (AvgIpc) is 2.85. The molecule has 0 fully saturated rings. The van der Waals surface area contributed by atoms with Gasteiger partial charge in [-0.1, -0.05) is 28.1 Å². The summed E-state index contributed by atoms with van der Waals surface area (Å²) in [6.45, 7) is 2.79. The molecule has 0 radical (unpaired) electrons. The first-order valence-corrected chi connectivity index (χ1v) is 6.81. The van der Waals surface area contributed by atoms with Gasteiger partial charge in [0.1, 0.15) is 5.69 Å². The van der Waals surface area contributed by atoms with Crippen molar-refractivity contribution in [3.05, 3.63) is 46.2 Å². The van der Waals surface area contributed by atoms with Crippen molar-refractivity contribution in [3.8, 4) is 5.75 Å². The first kappa shape index (κ1) is 14.0. The second kappa shape index (κ2) is 6.18. The zero-order chi connectivity index (χ0) is 13.8. The zero-order valence-corrected chi connectivity index (χ0v) is 12.5. The Morgan fingerprint density at radius 3 is 2.63 bits per heavy atom. The SMILES string of the molecule is CCn1ncc(OC)c1C(NN)c1ccc(Br)cc1. The number of hydrazine groups is 1. The van der Waals surface area contributed by atoms with E-state index in [1.54, 1.807) is 13.3 Å². The molecular weight excluding hydrogens is 308 g/mol. The lowest BCUT2D eigenvalue weighted by Gasteiger charge is -2.19. The second-order valence-corrected chi connectivity index (χ2v) is 4.98. The molecule has 0 saturated heterocycles. The van der Waals surface area contributed by atoms with E-state index >= 15 is 0 Å². The normalized spacial score (nSPS) is 12.4. The topological polar surface area (TPSA) is 65.1 Å². The molecule has 0 aliphatic rings. The van der Waals surface area contributed by atoms with Gasteiger partial charge >= 0.3 is 0 Å². The number of hydrogen-bond donors (Lipinski definition) is 2. The maximum Gasteiger partial charge on any atom is 0.161 e. The van der Waals surface area contributed by atoms with Gasteiger partial charge < -0.3 is 4.74 Å². The van der Waals surface area contributed by atoms with Crippen molar-refractivity contribution >= 4 is 15.9 Å². The minimum Gasteiger partial charge on any atom is -0.493 e. The molecule has 1 aromatic carbocycles. The lowest BCUT2D eigenvalue weighted by atomic mass is 10.0. The van der Waals surface area contributed by atoms with Gasteiger partial charge in [-0.3, -0.25) is 10.5 Å². The van der Waals surface area contributed by atoms with E-state index in [-0.39, 0.29) is 6.04 Å². The summed E-state index contributed by atoms with van der Waals surface area (Å²) in [4.78, 5) is 0. The number of benzene rings is 1. The Bertz CT molecular complexity index is 517. The number of hydrogen-bond acceptors (Lipinski definition) is 4. The Morgan fingerprint density at radius 2 is 2.11 bits per heavy atom. The predicted octanol–water partition coefficient (Wildman–Crippen LogP) is 2.23. The van der Waals surface area contributed by atoms with Crippen LogP contribution in [0.1, 0.15) is 24.2 Å². The van der Waals surface area contributed by atoms with E-state index in [2.05, 4.69) is 26.5 Å². The van der Waals surface area contributed by atoms with Crippen LogP contribution in [-0.2, 0) is 6.54 Å². The van der Waals surface area contributed by atoms with Crippen LogP contribution < -0.4 is 16.0 Å². The lowest BCUT2D eigenvalue weighted by molar-refractivity contribution is 0.399. The summed E-state index contributed by atoms with van der Waals surface area (Å²) in [5.74, 6) is 6.45. The van der Waals surface area contributed by atoms with E-state index in [0.717, 1.165) is 28.0 Å². The standard InChI is InChI=1S/C13H17BrN4O/c1-3-18-13(11(19-2)8-16-18)12(17-15)9-4-6-10(14)7-5-9/h4-8,12,17H,3,15H2,1-2H3. The number of aromatic nitrogens is 2. The second-order valence-electron chi connectivity index (χ2n) is 4.07. The van der Waals surface area contributed by atoms with Gasteiger partial charge in [0.15, 0.2) is 5.75 Å². The Morgan fingerprint density at radius 1 is 1.42 bits per heavy atom. The molecule has 0 aliphatic carbocycles. The monoisotopic (exact) mass is 324 g/mol. The molecule has 0 saturated carbocycles. The molecule has 2 rings (SSSR count). The van der Waals surface area contributed by atoms with Gasteiger partial charge in [0, 0.05) is 11.0 Å². The van der Waals surface area contributed by atoms with Crippen LogP contribution in [0.2, 0.25) is 0 Å². The highest BCUT2D eigenvalue weighted by molar-refractivity contribution is 9.10. The molecule has 0 bridgehead atoms. The van der Waals surface area contributed by atoms with Gasteiger partial charge in [0.2, 0.25) is 0 Å². The number of nitrogens with two attached hydrogens (primary N) is 1. The number of rotatable bonds is 5. The highest BCUT2D eigenvalue weighted by Crippen LogP contribution is 2.30. The molecule has 6 heteroatoms. The van der Waals surface area contributed by atoms with Crippen molar-refractivity contribution in [2.24, 2.45) is 5.84 Å². The van der Waals surface area contributed by atoms with Crippen molar-refractivity contribution in [1.82, 2.24) is 15.2 Å². The Kier molecular flexibility index (Phi) is 4.57. The minimum absolute atomic E-state index is 0.162. The van der Waals surface area contributed by atoms with Gasteiger partial charge in [0.05, 0.1) is 19.3 Å². The summed E-state index contributed by atoms with van der Waals surface area (Å²) in [7, 11) is 1.63. The van der Waals surface area contributed by atoms with E-state index in [0.29, 0.717) is 0 Å². The number of ether oxygens (including phenoxy) is 1. The fourth-order valence-electron chi connectivity index (χ4n) is 2.07. The molecule has 2 aromatic rings. The molecule has 0 spiro atoms. The smallest absolute Gasteiger partial charge is 0.161 e. The van der Waals surface area contributed by atoms with Crippen LogP contribution in [0.25, 0.3) is 0 Å². The average molecular weight is 325 g/mol. The predicted molar refractivity (Wildman–Crippen MR) is 77.8 cm³/mol. The highest BCUT2D eigenvalue weighted by atomic mass is 79.9. The van der Waals surface area contributed by atoms with Gasteiger partial charge in [-0.15, -0.1) is 0 Å². The molecule has 102 valence electrons. The van der Waals surface area contributed by atoms with Crippen molar-refractivity contribution in [3.63, 3.8) is 0 Å². The summed E-state index contributed by atoms with van der Waals surface area (Å²) in [5.41, 5.74) is 4.81. The molecule has 1 atom stereocenters. The van der Waals surface area contributed by atoms with Gasteiger partial charge in [-0.05, 0) is 24.6 Å². The molecule has 1 heterocycles. The lowest BCUT2D eigenvalue weighted by Crippen LogP contribution is -2.31. The van der Waals surface area contributed by atoms with Crippen LogP contribution >= 0.6 is 15.9 Å². The van der Waals surface area contributed by atoms with Crippen LogP contribution in [0.3, 0.4) is 0 Å². The van der Waals surface area contributed by atoms with E-state index in [1.807, 2.05) is 35.9 Å². The molecule has 3 N–H and O–H groups in total. The van der Waals surface area contributed by atoms with Crippen molar-refractivity contribution in [1.29, 1.82) is 0 Å². The van der Waals surface area contributed by atoms with Crippen LogP contribution in [0.15, 0.2) is 34.9 Å². The van der Waals surface area contributed by atoms with E-state index in [9.17, 15) is 0 Å². The first-order chi connectivity index (χ1) is 9.21. The van der Waals surface area contributed by atoms with Crippen LogP contribution in [0.5, 0.6) is 5.75 Å². The summed E-state index contributed by atoms with van der Waals surface area (Å²) >= 11 is 3.43. The summed E-state index contributed by atoms with van der Waals surface area (Å²) in [6.07, 6.45) is 1.71. The van der Waals surface area contributed by atoms with Gasteiger partial charge in [-0.2, -0.15) is 5.10 Å². The number of methoxy groups -OCH3 is 1. The molecule has 1 aromatic heterocycles. The van der Waals surface area contributed by atoms with Crippen LogP contribution in [-0.4, -0.2) is 16.9 Å². The van der Waals surface area contributed by atoms with Gasteiger partial charge in [0.25, 0.3) is 0 Å². The van der Waals surface area contributed by atoms with Crippen molar-refractivity contribution < 1.29 is 4.74 Å². The van der Waals surface area contributed by atoms with Crippen molar-refractivity contribution in [2.75, 3.05) is 7.11 Å².